The fourth-order valence-electron chi connectivity index (χ4n) is 3.90. The normalized spacial score (nSPS) is 14.7. The van der Waals surface area contributed by atoms with Crippen molar-refractivity contribution in [3.05, 3.63) is 35.5 Å². The number of aliphatic hydroxyl groups is 1. The van der Waals surface area contributed by atoms with E-state index in [0.717, 1.165) is 18.6 Å². The fourth-order valence-corrected chi connectivity index (χ4v) is 3.90. The van der Waals surface area contributed by atoms with E-state index >= 15 is 0 Å². The molecule has 0 radical (unpaired) electrons. The molecule has 2 amide bonds. The van der Waals surface area contributed by atoms with Crippen LogP contribution < -0.4 is 15.5 Å². The first-order valence-electron chi connectivity index (χ1n) is 10.5. The van der Waals surface area contributed by atoms with Gasteiger partial charge in [-0.3, -0.25) is 4.79 Å². The number of rotatable bonds is 5. The van der Waals surface area contributed by atoms with Gasteiger partial charge in [0.15, 0.2) is 11.6 Å². The van der Waals surface area contributed by atoms with Gasteiger partial charge in [0, 0.05) is 25.7 Å². The molecule has 0 unspecified atom stereocenters. The van der Waals surface area contributed by atoms with E-state index < -0.39 is 29.1 Å². The molecule has 0 fully saturated rings. The maximum Gasteiger partial charge on any atom is 0.343 e. The number of benzene rings is 1. The number of carbonyl (C=O) groups is 2. The largest absolute Gasteiger partial charge is 0.395 e. The molecule has 8 nitrogen and oxygen atoms in total. The zero-order chi connectivity index (χ0) is 23.6. The molecule has 3 N–H and O–H groups in total. The highest BCUT2D eigenvalue weighted by Gasteiger charge is 2.35. The SMILES string of the molecule is CNC(=O)[C@@H](NC(=O)n1nc(-c2ccc(F)c(F)c2)c2c1CCCN2CCO)C(C)(C)C. The van der Waals surface area contributed by atoms with E-state index in [2.05, 4.69) is 15.7 Å². The van der Waals surface area contributed by atoms with Gasteiger partial charge in [0.05, 0.1) is 18.0 Å². The Morgan fingerprint density at radius 3 is 2.56 bits per heavy atom. The third-order valence-corrected chi connectivity index (χ3v) is 5.51. The Morgan fingerprint density at radius 1 is 1.25 bits per heavy atom. The summed E-state index contributed by atoms with van der Waals surface area (Å²) < 4.78 is 28.6. The third kappa shape index (κ3) is 4.59. The smallest absolute Gasteiger partial charge is 0.343 e. The minimum atomic E-state index is -1.02. The van der Waals surface area contributed by atoms with Crippen LogP contribution in [0.4, 0.5) is 19.3 Å². The van der Waals surface area contributed by atoms with Gasteiger partial charge in [-0.15, -0.1) is 0 Å². The van der Waals surface area contributed by atoms with Crippen LogP contribution in [0.2, 0.25) is 0 Å². The lowest BCUT2D eigenvalue weighted by molar-refractivity contribution is -0.124. The van der Waals surface area contributed by atoms with E-state index in [1.807, 2.05) is 25.7 Å². The number of aliphatic hydroxyl groups excluding tert-OH is 1. The number of halogens is 2. The first-order chi connectivity index (χ1) is 15.1. The average molecular weight is 450 g/mol. The summed E-state index contributed by atoms with van der Waals surface area (Å²) in [5.41, 5.74) is 1.25. The lowest BCUT2D eigenvalue weighted by Gasteiger charge is -2.31. The maximum atomic E-state index is 14.0. The average Bonchev–Trinajstić information content (AvgIpc) is 3.13. The molecule has 2 aromatic rings. The summed E-state index contributed by atoms with van der Waals surface area (Å²) in [6, 6.07) is 2.04. The predicted molar refractivity (Wildman–Crippen MR) is 116 cm³/mol. The first-order valence-corrected chi connectivity index (χ1v) is 10.5. The monoisotopic (exact) mass is 449 g/mol. The van der Waals surface area contributed by atoms with Gasteiger partial charge in [-0.05, 0) is 36.5 Å². The Morgan fingerprint density at radius 2 is 1.97 bits per heavy atom. The number of amides is 2. The van der Waals surface area contributed by atoms with E-state index in [1.165, 1.54) is 17.8 Å². The van der Waals surface area contributed by atoms with Crippen LogP contribution in [0.1, 0.15) is 32.9 Å². The Bertz CT molecular complexity index is 1020. The van der Waals surface area contributed by atoms with Crippen LogP contribution in [-0.4, -0.2) is 59.6 Å². The van der Waals surface area contributed by atoms with Crippen molar-refractivity contribution in [2.45, 2.75) is 39.7 Å². The van der Waals surface area contributed by atoms with Gasteiger partial charge < -0.3 is 20.6 Å². The number of hydrogen-bond acceptors (Lipinski definition) is 5. The summed E-state index contributed by atoms with van der Waals surface area (Å²) in [6.45, 7) is 6.32. The van der Waals surface area contributed by atoms with Crippen molar-refractivity contribution < 1.29 is 23.5 Å². The summed E-state index contributed by atoms with van der Waals surface area (Å²) in [6.07, 6.45) is 1.25. The molecular formula is C22H29F2N5O3. The Hall–Kier alpha value is -3.01. The van der Waals surface area contributed by atoms with Crippen LogP contribution in [-0.2, 0) is 11.2 Å². The minimum Gasteiger partial charge on any atom is -0.395 e. The van der Waals surface area contributed by atoms with Crippen LogP contribution in [0.15, 0.2) is 18.2 Å². The number of hydrogen-bond donors (Lipinski definition) is 3. The van der Waals surface area contributed by atoms with Crippen LogP contribution in [0.3, 0.4) is 0 Å². The quantitative estimate of drug-likeness (QED) is 0.651. The summed E-state index contributed by atoms with van der Waals surface area (Å²) in [5, 5.41) is 19.3. The predicted octanol–water partition coefficient (Wildman–Crippen LogP) is 2.29. The second-order valence-electron chi connectivity index (χ2n) is 8.86. The Kier molecular flexibility index (Phi) is 6.82. The molecule has 0 aliphatic carbocycles. The third-order valence-electron chi connectivity index (χ3n) is 5.51. The van der Waals surface area contributed by atoms with Crippen molar-refractivity contribution in [1.29, 1.82) is 0 Å². The Balaban J connectivity index is 2.09. The summed E-state index contributed by atoms with van der Waals surface area (Å²) in [5.74, 6) is -2.34. The highest BCUT2D eigenvalue weighted by molar-refractivity contribution is 5.90. The van der Waals surface area contributed by atoms with Gasteiger partial charge in [-0.1, -0.05) is 20.8 Å². The van der Waals surface area contributed by atoms with Crippen molar-refractivity contribution in [3.63, 3.8) is 0 Å². The molecule has 3 rings (SSSR count). The molecule has 1 aliphatic heterocycles. The van der Waals surface area contributed by atoms with Crippen molar-refractivity contribution in [2.75, 3.05) is 31.6 Å². The number of carbonyl (C=O) groups excluding carboxylic acids is 2. The molecule has 0 saturated heterocycles. The van der Waals surface area contributed by atoms with Crippen LogP contribution >= 0.6 is 0 Å². The maximum absolute atomic E-state index is 14.0. The van der Waals surface area contributed by atoms with E-state index in [4.69, 9.17) is 0 Å². The molecule has 0 spiro atoms. The van der Waals surface area contributed by atoms with Crippen LogP contribution in [0, 0.1) is 17.0 Å². The lowest BCUT2D eigenvalue weighted by Crippen LogP contribution is -2.54. The lowest BCUT2D eigenvalue weighted by atomic mass is 9.86. The second-order valence-corrected chi connectivity index (χ2v) is 8.86. The number of nitrogens with zero attached hydrogens (tertiary/aromatic N) is 3. The fraction of sp³-hybridized carbons (Fsp3) is 0.500. The van der Waals surface area contributed by atoms with Gasteiger partial charge >= 0.3 is 6.03 Å². The first kappa shape index (κ1) is 23.6. The van der Waals surface area contributed by atoms with Gasteiger partial charge in [0.25, 0.3) is 0 Å². The minimum absolute atomic E-state index is 0.114. The Labute approximate surface area is 185 Å². The molecule has 174 valence electrons. The number of β-amino-alcohol motifs (C(OH)–C–C–N with tert-alkyl or cyclic N) is 1. The molecule has 1 aliphatic rings. The van der Waals surface area contributed by atoms with E-state index in [0.29, 0.717) is 42.1 Å². The van der Waals surface area contributed by atoms with Gasteiger partial charge in [0.1, 0.15) is 11.7 Å². The van der Waals surface area contributed by atoms with E-state index in [-0.39, 0.29) is 12.5 Å². The second kappa shape index (κ2) is 9.23. The number of aromatic nitrogens is 2. The van der Waals surface area contributed by atoms with Crippen molar-refractivity contribution in [2.24, 2.45) is 5.41 Å². The molecule has 2 heterocycles. The number of anilines is 1. The number of fused-ring (bicyclic) bond motifs is 1. The van der Waals surface area contributed by atoms with E-state index in [1.54, 1.807) is 0 Å². The van der Waals surface area contributed by atoms with Crippen molar-refractivity contribution >= 4 is 17.6 Å². The molecular weight excluding hydrogens is 420 g/mol. The molecule has 0 bridgehead atoms. The topological polar surface area (TPSA) is 99.5 Å². The number of likely N-dealkylation sites (N-methyl/N-ethyl adjacent to an activating group) is 1. The van der Waals surface area contributed by atoms with Crippen LogP contribution in [0.25, 0.3) is 11.3 Å². The van der Waals surface area contributed by atoms with Crippen molar-refractivity contribution in [3.8, 4) is 11.3 Å². The van der Waals surface area contributed by atoms with Gasteiger partial charge in [-0.2, -0.15) is 9.78 Å². The molecule has 0 saturated carbocycles. The number of nitrogens with one attached hydrogen (secondary N) is 2. The highest BCUT2D eigenvalue weighted by Crippen LogP contribution is 2.37. The van der Waals surface area contributed by atoms with Crippen molar-refractivity contribution in [1.82, 2.24) is 20.4 Å². The van der Waals surface area contributed by atoms with Crippen LogP contribution in [0.5, 0.6) is 0 Å². The summed E-state index contributed by atoms with van der Waals surface area (Å²) >= 11 is 0. The molecule has 1 aromatic heterocycles. The van der Waals surface area contributed by atoms with Gasteiger partial charge in [0.2, 0.25) is 5.91 Å². The highest BCUT2D eigenvalue weighted by atomic mass is 19.2. The molecule has 10 heteroatoms. The van der Waals surface area contributed by atoms with E-state index in [9.17, 15) is 23.5 Å². The molecule has 32 heavy (non-hydrogen) atoms. The zero-order valence-electron chi connectivity index (χ0n) is 18.7. The van der Waals surface area contributed by atoms with Gasteiger partial charge in [-0.25, -0.2) is 13.6 Å². The summed E-state index contributed by atoms with van der Waals surface area (Å²) in [4.78, 5) is 27.5. The standard InChI is InChI=1S/C22H29F2N5O3/c1-22(2,3)19(20(31)25-4)26-21(32)29-16-6-5-9-28(10-11-30)18(16)17(27-29)13-7-8-14(23)15(24)12-13/h7-8,12,19,30H,5-6,9-11H2,1-4H3,(H,25,31)(H,26,32)/t19-/m1/s1. The molecule has 1 atom stereocenters. The molecule has 1 aromatic carbocycles. The summed E-state index contributed by atoms with van der Waals surface area (Å²) in [7, 11) is 1.50. The zero-order valence-corrected chi connectivity index (χ0v) is 18.7.